The number of amides is 1. The number of nitrogens with zero attached hydrogens (tertiary/aromatic N) is 3. The Balaban J connectivity index is 2.14. The molecule has 2 heterocycles. The molecule has 0 aromatic carbocycles. The van der Waals surface area contributed by atoms with Gasteiger partial charge in [-0.15, -0.1) is 0 Å². The van der Waals surface area contributed by atoms with Crippen LogP contribution in [0.2, 0.25) is 0 Å². The first-order valence-corrected chi connectivity index (χ1v) is 6.84. The predicted octanol–water partition coefficient (Wildman–Crippen LogP) is 1.59. The van der Waals surface area contributed by atoms with Crippen LogP contribution in [-0.2, 0) is 11.8 Å². The molecule has 0 bridgehead atoms. The van der Waals surface area contributed by atoms with E-state index in [2.05, 4.69) is 15.4 Å². The molecule has 0 saturated heterocycles. The highest BCUT2D eigenvalue weighted by Gasteiger charge is 2.12. The molecule has 0 radical (unpaired) electrons. The average molecular weight is 275 g/mol. The summed E-state index contributed by atoms with van der Waals surface area (Å²) in [5.74, 6) is 0.205. The number of anilines is 1. The monoisotopic (exact) mass is 275 g/mol. The Kier molecular flexibility index (Phi) is 4.34. The normalized spacial score (nSPS) is 12.6. The second-order valence-corrected chi connectivity index (χ2v) is 5.07. The molecule has 6 heteroatoms. The van der Waals surface area contributed by atoms with E-state index in [-0.39, 0.29) is 11.8 Å². The van der Waals surface area contributed by atoms with Crippen molar-refractivity contribution in [2.75, 3.05) is 11.9 Å². The summed E-state index contributed by atoms with van der Waals surface area (Å²) in [6, 6.07) is 1.91. The first kappa shape index (κ1) is 14.5. The van der Waals surface area contributed by atoms with Gasteiger partial charge in [0.15, 0.2) is 5.65 Å². The molecule has 0 aliphatic carbocycles. The van der Waals surface area contributed by atoms with E-state index in [0.717, 1.165) is 23.1 Å². The second-order valence-electron chi connectivity index (χ2n) is 5.07. The molecular formula is C14H21N5O. The summed E-state index contributed by atoms with van der Waals surface area (Å²) in [5.41, 5.74) is 8.03. The topological polar surface area (TPSA) is 85.8 Å². The quantitative estimate of drug-likeness (QED) is 0.867. The van der Waals surface area contributed by atoms with Gasteiger partial charge in [-0.2, -0.15) is 5.10 Å². The fourth-order valence-corrected chi connectivity index (χ4v) is 2.24. The number of aryl methyl sites for hydroxylation is 2. The standard InChI is InChI=1S/C14H21N5O/c1-4-10(7-15)5-13(20)17-11-6-12-9(2)18-19(3)14(12)16-8-11/h6,8,10H,4-5,7,15H2,1-3H3,(H,17,20). The summed E-state index contributed by atoms with van der Waals surface area (Å²) >= 11 is 0. The van der Waals surface area contributed by atoms with Gasteiger partial charge in [0.1, 0.15) is 0 Å². The lowest BCUT2D eigenvalue weighted by molar-refractivity contribution is -0.117. The van der Waals surface area contributed by atoms with E-state index in [1.165, 1.54) is 0 Å². The van der Waals surface area contributed by atoms with Crippen molar-refractivity contribution < 1.29 is 4.79 Å². The van der Waals surface area contributed by atoms with Crippen molar-refractivity contribution in [2.45, 2.75) is 26.7 Å². The van der Waals surface area contributed by atoms with Crippen LogP contribution in [0.1, 0.15) is 25.5 Å². The molecular weight excluding hydrogens is 254 g/mol. The third-order valence-corrected chi connectivity index (χ3v) is 3.53. The first-order chi connectivity index (χ1) is 9.55. The minimum atomic E-state index is -0.0232. The Morgan fingerprint density at radius 2 is 2.30 bits per heavy atom. The van der Waals surface area contributed by atoms with Crippen molar-refractivity contribution in [2.24, 2.45) is 18.7 Å². The number of pyridine rings is 1. The van der Waals surface area contributed by atoms with E-state index in [1.54, 1.807) is 10.9 Å². The van der Waals surface area contributed by atoms with Crippen LogP contribution in [0, 0.1) is 12.8 Å². The van der Waals surface area contributed by atoms with E-state index in [0.29, 0.717) is 18.7 Å². The Bertz CT molecular complexity index is 615. The smallest absolute Gasteiger partial charge is 0.224 e. The molecule has 1 atom stereocenters. The van der Waals surface area contributed by atoms with Crippen LogP contribution >= 0.6 is 0 Å². The van der Waals surface area contributed by atoms with Crippen LogP contribution < -0.4 is 11.1 Å². The molecule has 6 nitrogen and oxygen atoms in total. The highest BCUT2D eigenvalue weighted by atomic mass is 16.1. The van der Waals surface area contributed by atoms with Crippen LogP contribution in [0.25, 0.3) is 11.0 Å². The van der Waals surface area contributed by atoms with E-state index >= 15 is 0 Å². The third-order valence-electron chi connectivity index (χ3n) is 3.53. The number of carbonyl (C=O) groups excluding carboxylic acids is 1. The number of rotatable bonds is 5. The lowest BCUT2D eigenvalue weighted by Crippen LogP contribution is -2.21. The van der Waals surface area contributed by atoms with Gasteiger partial charge in [-0.3, -0.25) is 9.48 Å². The molecule has 2 aromatic heterocycles. The highest BCUT2D eigenvalue weighted by Crippen LogP contribution is 2.19. The predicted molar refractivity (Wildman–Crippen MR) is 79.3 cm³/mol. The largest absolute Gasteiger partial charge is 0.330 e. The van der Waals surface area contributed by atoms with Crippen molar-refractivity contribution in [3.05, 3.63) is 18.0 Å². The van der Waals surface area contributed by atoms with Crippen LogP contribution in [0.4, 0.5) is 5.69 Å². The van der Waals surface area contributed by atoms with Crippen molar-refractivity contribution in [1.29, 1.82) is 0 Å². The van der Waals surface area contributed by atoms with Crippen molar-refractivity contribution >= 4 is 22.6 Å². The summed E-state index contributed by atoms with van der Waals surface area (Å²) in [7, 11) is 1.85. The maximum absolute atomic E-state index is 12.0. The summed E-state index contributed by atoms with van der Waals surface area (Å²) in [4.78, 5) is 16.3. The molecule has 1 amide bonds. The fraction of sp³-hybridized carbons (Fsp3) is 0.500. The second kappa shape index (κ2) is 6.00. The molecule has 108 valence electrons. The number of nitrogens with one attached hydrogen (secondary N) is 1. The lowest BCUT2D eigenvalue weighted by Gasteiger charge is -2.11. The van der Waals surface area contributed by atoms with Gasteiger partial charge in [-0.25, -0.2) is 4.98 Å². The molecule has 0 saturated carbocycles. The summed E-state index contributed by atoms with van der Waals surface area (Å²) < 4.78 is 1.73. The van der Waals surface area contributed by atoms with Crippen LogP contribution in [0.5, 0.6) is 0 Å². The van der Waals surface area contributed by atoms with Gasteiger partial charge in [0.05, 0.1) is 17.6 Å². The van der Waals surface area contributed by atoms with Crippen LogP contribution in [0.3, 0.4) is 0 Å². The number of carbonyl (C=O) groups is 1. The van der Waals surface area contributed by atoms with Crippen molar-refractivity contribution in [3.8, 4) is 0 Å². The van der Waals surface area contributed by atoms with Gasteiger partial charge in [0.25, 0.3) is 0 Å². The van der Waals surface area contributed by atoms with Crippen LogP contribution in [-0.4, -0.2) is 27.2 Å². The minimum absolute atomic E-state index is 0.0232. The van der Waals surface area contributed by atoms with Gasteiger partial charge in [-0.05, 0) is 25.5 Å². The number of nitrogens with two attached hydrogens (primary N) is 1. The fourth-order valence-electron chi connectivity index (χ4n) is 2.24. The number of aromatic nitrogens is 3. The maximum atomic E-state index is 12.0. The zero-order valence-electron chi connectivity index (χ0n) is 12.2. The molecule has 0 fully saturated rings. The first-order valence-electron chi connectivity index (χ1n) is 6.84. The summed E-state index contributed by atoms with van der Waals surface area (Å²) in [6.07, 6.45) is 3.00. The van der Waals surface area contributed by atoms with E-state index in [1.807, 2.05) is 27.0 Å². The molecule has 20 heavy (non-hydrogen) atoms. The van der Waals surface area contributed by atoms with Crippen LogP contribution in [0.15, 0.2) is 12.3 Å². The minimum Gasteiger partial charge on any atom is -0.330 e. The number of hydrogen-bond acceptors (Lipinski definition) is 4. The SMILES string of the molecule is CCC(CN)CC(=O)Nc1cnc2c(c1)c(C)nn2C. The number of fused-ring (bicyclic) bond motifs is 1. The third kappa shape index (κ3) is 2.96. The zero-order valence-corrected chi connectivity index (χ0v) is 12.2. The molecule has 2 rings (SSSR count). The molecule has 2 aromatic rings. The molecule has 0 aliphatic heterocycles. The highest BCUT2D eigenvalue weighted by molar-refractivity contribution is 5.93. The number of hydrogen-bond donors (Lipinski definition) is 2. The maximum Gasteiger partial charge on any atom is 0.224 e. The van der Waals surface area contributed by atoms with Gasteiger partial charge in [0, 0.05) is 18.9 Å². The van der Waals surface area contributed by atoms with E-state index in [4.69, 9.17) is 5.73 Å². The Morgan fingerprint density at radius 3 is 2.95 bits per heavy atom. The van der Waals surface area contributed by atoms with E-state index < -0.39 is 0 Å². The van der Waals surface area contributed by atoms with E-state index in [9.17, 15) is 4.79 Å². The molecule has 3 N–H and O–H groups in total. The van der Waals surface area contributed by atoms with Gasteiger partial charge < -0.3 is 11.1 Å². The van der Waals surface area contributed by atoms with Crippen molar-refractivity contribution in [3.63, 3.8) is 0 Å². The van der Waals surface area contributed by atoms with Gasteiger partial charge in [0.2, 0.25) is 5.91 Å². The van der Waals surface area contributed by atoms with Gasteiger partial charge in [-0.1, -0.05) is 13.3 Å². The lowest BCUT2D eigenvalue weighted by atomic mass is 10.0. The summed E-state index contributed by atoms with van der Waals surface area (Å²) in [5, 5.41) is 8.14. The van der Waals surface area contributed by atoms with Crippen molar-refractivity contribution in [1.82, 2.24) is 14.8 Å². The molecule has 0 spiro atoms. The Labute approximate surface area is 118 Å². The Hall–Kier alpha value is -1.95. The Morgan fingerprint density at radius 1 is 1.55 bits per heavy atom. The van der Waals surface area contributed by atoms with Gasteiger partial charge >= 0.3 is 0 Å². The molecule has 1 unspecified atom stereocenters. The zero-order chi connectivity index (χ0) is 14.7. The summed E-state index contributed by atoms with van der Waals surface area (Å²) in [6.45, 7) is 4.50. The molecule has 0 aliphatic rings. The average Bonchev–Trinajstić information content (AvgIpc) is 2.71.